The van der Waals surface area contributed by atoms with Crippen LogP contribution >= 0.6 is 11.3 Å². The molecule has 3 rings (SSSR count). The third-order valence-corrected chi connectivity index (χ3v) is 3.83. The van der Waals surface area contributed by atoms with Gasteiger partial charge in [-0.15, -0.1) is 11.3 Å². The maximum atomic E-state index is 11.9. The number of rotatable bonds is 6. The molecule has 1 amide bonds. The highest BCUT2D eigenvalue weighted by molar-refractivity contribution is 7.13. The number of carbonyl (C=O) groups excluding carboxylic acids is 1. The molecule has 0 radical (unpaired) electrons. The molecule has 3 heterocycles. The molecular weight excluding hydrogens is 328 g/mol. The molecule has 3 aromatic heterocycles. The number of carbonyl (C=O) groups is 1. The van der Waals surface area contributed by atoms with Crippen LogP contribution in [0.25, 0.3) is 0 Å². The molecule has 0 aliphatic heterocycles. The molecule has 124 valence electrons. The Balaban J connectivity index is 1.52. The van der Waals surface area contributed by atoms with Crippen molar-refractivity contribution in [2.24, 2.45) is 0 Å². The summed E-state index contributed by atoms with van der Waals surface area (Å²) in [6.45, 7) is 3.86. The minimum Gasteiger partial charge on any atom is -0.347 e. The van der Waals surface area contributed by atoms with Crippen molar-refractivity contribution in [2.75, 3.05) is 5.32 Å². The molecule has 9 heteroatoms. The van der Waals surface area contributed by atoms with Gasteiger partial charge in [0, 0.05) is 11.1 Å². The number of amides is 1. The van der Waals surface area contributed by atoms with E-state index >= 15 is 0 Å². The first-order valence-electron chi connectivity index (χ1n) is 7.29. The van der Waals surface area contributed by atoms with Crippen LogP contribution in [0.3, 0.4) is 0 Å². The Hall–Kier alpha value is -2.81. The van der Waals surface area contributed by atoms with Crippen molar-refractivity contribution < 1.29 is 9.32 Å². The van der Waals surface area contributed by atoms with Gasteiger partial charge >= 0.3 is 0 Å². The lowest BCUT2D eigenvalue weighted by Crippen LogP contribution is -2.24. The zero-order valence-electron chi connectivity index (χ0n) is 13.2. The first kappa shape index (κ1) is 16.1. The van der Waals surface area contributed by atoms with Gasteiger partial charge in [0.2, 0.25) is 11.8 Å². The van der Waals surface area contributed by atoms with Crippen LogP contribution in [0, 0.1) is 13.8 Å². The molecule has 0 saturated heterocycles. The Labute approximate surface area is 142 Å². The van der Waals surface area contributed by atoms with E-state index in [1.807, 2.05) is 30.5 Å². The molecule has 24 heavy (non-hydrogen) atoms. The molecule has 0 atom stereocenters. The van der Waals surface area contributed by atoms with Gasteiger partial charge in [-0.2, -0.15) is 4.98 Å². The smallest absolute Gasteiger partial charge is 0.246 e. The number of anilines is 2. The van der Waals surface area contributed by atoms with E-state index < -0.39 is 0 Å². The number of nitrogens with one attached hydrogen (secondary N) is 2. The summed E-state index contributed by atoms with van der Waals surface area (Å²) in [6, 6.07) is 5.72. The lowest BCUT2D eigenvalue weighted by atomic mass is 10.3. The maximum absolute atomic E-state index is 11.9. The molecular formula is C15H16N6O2S. The van der Waals surface area contributed by atoms with Crippen LogP contribution in [-0.4, -0.2) is 26.0 Å². The number of nitrogens with zero attached hydrogens (tertiary/aromatic N) is 4. The Morgan fingerprint density at radius 1 is 1.25 bits per heavy atom. The highest BCUT2D eigenvalue weighted by Gasteiger charge is 2.10. The fourth-order valence-corrected chi connectivity index (χ4v) is 2.70. The van der Waals surface area contributed by atoms with E-state index in [1.165, 1.54) is 11.3 Å². The molecule has 0 aromatic carbocycles. The van der Waals surface area contributed by atoms with E-state index in [0.29, 0.717) is 22.5 Å². The largest absolute Gasteiger partial charge is 0.347 e. The molecule has 0 saturated carbocycles. The summed E-state index contributed by atoms with van der Waals surface area (Å²) < 4.78 is 4.94. The number of pyridine rings is 1. The number of hydrogen-bond donors (Lipinski definition) is 2. The van der Waals surface area contributed by atoms with Gasteiger partial charge in [0.05, 0.1) is 18.7 Å². The van der Waals surface area contributed by atoms with Gasteiger partial charge in [0.15, 0.2) is 11.0 Å². The fraction of sp³-hybridized carbons (Fsp3) is 0.267. The first-order valence-corrected chi connectivity index (χ1v) is 8.17. The highest BCUT2D eigenvalue weighted by atomic mass is 32.1. The average Bonchev–Trinajstić information content (AvgIpc) is 3.14. The molecule has 3 aromatic rings. The highest BCUT2D eigenvalue weighted by Crippen LogP contribution is 2.20. The molecule has 0 aliphatic rings. The van der Waals surface area contributed by atoms with Crippen LogP contribution in [0.1, 0.15) is 23.1 Å². The normalized spacial score (nSPS) is 10.6. The summed E-state index contributed by atoms with van der Waals surface area (Å²) in [4.78, 5) is 24.7. The summed E-state index contributed by atoms with van der Waals surface area (Å²) >= 11 is 1.43. The molecule has 2 N–H and O–H groups in total. The van der Waals surface area contributed by atoms with Gasteiger partial charge in [0.1, 0.15) is 5.82 Å². The quantitative estimate of drug-likeness (QED) is 0.705. The molecule has 8 nitrogen and oxygen atoms in total. The van der Waals surface area contributed by atoms with Crippen LogP contribution in [0.15, 0.2) is 28.1 Å². The minimum absolute atomic E-state index is 0.156. The average molecular weight is 344 g/mol. The van der Waals surface area contributed by atoms with Crippen LogP contribution in [0.4, 0.5) is 10.9 Å². The van der Waals surface area contributed by atoms with Crippen molar-refractivity contribution in [3.05, 3.63) is 46.7 Å². The van der Waals surface area contributed by atoms with Crippen molar-refractivity contribution in [3.8, 4) is 0 Å². The summed E-state index contributed by atoms with van der Waals surface area (Å²) in [7, 11) is 0. The second kappa shape index (κ2) is 7.18. The molecule has 0 aliphatic carbocycles. The van der Waals surface area contributed by atoms with Gasteiger partial charge in [-0.25, -0.2) is 9.97 Å². The zero-order valence-corrected chi connectivity index (χ0v) is 14.1. The van der Waals surface area contributed by atoms with Crippen molar-refractivity contribution in [1.29, 1.82) is 0 Å². The predicted molar refractivity (Wildman–Crippen MR) is 89.0 cm³/mol. The minimum atomic E-state index is -0.156. The molecule has 0 unspecified atom stereocenters. The number of hydrogen-bond acceptors (Lipinski definition) is 8. The van der Waals surface area contributed by atoms with Crippen molar-refractivity contribution >= 4 is 28.2 Å². The van der Waals surface area contributed by atoms with Gasteiger partial charge in [0.25, 0.3) is 0 Å². The van der Waals surface area contributed by atoms with Gasteiger partial charge in [-0.05, 0) is 26.0 Å². The van der Waals surface area contributed by atoms with E-state index in [0.717, 1.165) is 11.5 Å². The summed E-state index contributed by atoms with van der Waals surface area (Å²) in [5.74, 6) is 1.50. The number of aromatic nitrogens is 4. The second-order valence-electron chi connectivity index (χ2n) is 5.12. The SMILES string of the molecule is Cc1cccc(Nc2nc(CC(=O)NCc3nc(C)no3)cs2)n1. The monoisotopic (exact) mass is 344 g/mol. The Morgan fingerprint density at radius 3 is 2.88 bits per heavy atom. The van der Waals surface area contributed by atoms with E-state index in [9.17, 15) is 4.79 Å². The Kier molecular flexibility index (Phi) is 4.80. The maximum Gasteiger partial charge on any atom is 0.246 e. The topological polar surface area (TPSA) is 106 Å². The molecule has 0 fully saturated rings. The van der Waals surface area contributed by atoms with Crippen LogP contribution in [0.2, 0.25) is 0 Å². The van der Waals surface area contributed by atoms with Crippen LogP contribution < -0.4 is 10.6 Å². The lowest BCUT2D eigenvalue weighted by molar-refractivity contribution is -0.120. The number of thiazole rings is 1. The number of aryl methyl sites for hydroxylation is 2. The van der Waals surface area contributed by atoms with Crippen molar-refractivity contribution in [2.45, 2.75) is 26.8 Å². The second-order valence-corrected chi connectivity index (χ2v) is 5.98. The standard InChI is InChI=1S/C15H16N6O2S/c1-9-4-3-5-12(17-9)20-15-19-11(8-24-15)6-13(22)16-7-14-18-10(2)21-23-14/h3-5,8H,6-7H2,1-2H3,(H,16,22)(H,17,19,20). The molecule has 0 spiro atoms. The summed E-state index contributed by atoms with van der Waals surface area (Å²) in [5, 5.41) is 12.1. The van der Waals surface area contributed by atoms with Crippen LogP contribution in [-0.2, 0) is 17.8 Å². The van der Waals surface area contributed by atoms with E-state index in [4.69, 9.17) is 4.52 Å². The third kappa shape index (κ3) is 4.35. The Bertz CT molecular complexity index is 844. The van der Waals surface area contributed by atoms with Gasteiger partial charge in [-0.3, -0.25) is 4.79 Å². The van der Waals surface area contributed by atoms with Gasteiger partial charge in [-0.1, -0.05) is 11.2 Å². The zero-order chi connectivity index (χ0) is 16.9. The molecule has 0 bridgehead atoms. The van der Waals surface area contributed by atoms with Crippen LogP contribution in [0.5, 0.6) is 0 Å². The summed E-state index contributed by atoms with van der Waals surface area (Å²) in [5.41, 5.74) is 1.61. The lowest BCUT2D eigenvalue weighted by Gasteiger charge is -2.02. The fourth-order valence-electron chi connectivity index (χ4n) is 1.98. The van der Waals surface area contributed by atoms with Gasteiger partial charge < -0.3 is 15.2 Å². The third-order valence-electron chi connectivity index (χ3n) is 3.02. The van der Waals surface area contributed by atoms with Crippen molar-refractivity contribution in [3.63, 3.8) is 0 Å². The predicted octanol–water partition coefficient (Wildman–Crippen LogP) is 2.14. The van der Waals surface area contributed by atoms with E-state index in [-0.39, 0.29) is 18.9 Å². The van der Waals surface area contributed by atoms with E-state index in [1.54, 1.807) is 6.92 Å². The summed E-state index contributed by atoms with van der Waals surface area (Å²) in [6.07, 6.45) is 0.187. The first-order chi connectivity index (χ1) is 11.6. The van der Waals surface area contributed by atoms with E-state index in [2.05, 4.69) is 30.7 Å². The van der Waals surface area contributed by atoms with Crippen molar-refractivity contribution in [1.82, 2.24) is 25.4 Å². The Morgan fingerprint density at radius 2 is 2.12 bits per heavy atom.